The standard InChI is InChI=1S/C10H11F3N6O2S/c1-19(2)6-4-3-5(10(11,12)13)8(22(14,20)21)7(6)9-15-17-18-16-9/h3-4H,1-2H3,(H2,14,20,21)(H,15,16,17,18). The molecule has 0 bridgehead atoms. The maximum absolute atomic E-state index is 13.1. The number of alkyl halides is 3. The number of tetrazole rings is 1. The van der Waals surface area contributed by atoms with Gasteiger partial charge in [0.1, 0.15) is 4.90 Å². The molecule has 0 atom stereocenters. The Bertz CT molecular complexity index is 786. The van der Waals surface area contributed by atoms with Crippen molar-refractivity contribution in [3.05, 3.63) is 17.7 Å². The first-order valence-electron chi connectivity index (χ1n) is 5.71. The van der Waals surface area contributed by atoms with Gasteiger partial charge in [0.25, 0.3) is 0 Å². The lowest BCUT2D eigenvalue weighted by Gasteiger charge is -2.21. The van der Waals surface area contributed by atoms with Crippen LogP contribution in [0.25, 0.3) is 11.4 Å². The number of aromatic nitrogens is 4. The van der Waals surface area contributed by atoms with Crippen molar-refractivity contribution in [1.82, 2.24) is 20.6 Å². The number of H-pyrrole nitrogens is 1. The molecule has 0 fully saturated rings. The van der Waals surface area contributed by atoms with Crippen LogP contribution in [-0.2, 0) is 16.2 Å². The lowest BCUT2D eigenvalue weighted by atomic mass is 10.1. The number of hydrogen-bond acceptors (Lipinski definition) is 6. The van der Waals surface area contributed by atoms with Crippen molar-refractivity contribution < 1.29 is 21.6 Å². The van der Waals surface area contributed by atoms with Crippen molar-refractivity contribution >= 4 is 15.7 Å². The van der Waals surface area contributed by atoms with E-state index in [9.17, 15) is 21.6 Å². The zero-order chi connectivity index (χ0) is 16.7. The van der Waals surface area contributed by atoms with Gasteiger partial charge in [0.15, 0.2) is 0 Å². The number of nitrogens with zero attached hydrogens (tertiary/aromatic N) is 4. The Morgan fingerprint density at radius 1 is 1.27 bits per heavy atom. The molecule has 1 heterocycles. The van der Waals surface area contributed by atoms with Crippen LogP contribution >= 0.6 is 0 Å². The van der Waals surface area contributed by atoms with Crippen LogP contribution in [0.4, 0.5) is 18.9 Å². The summed E-state index contributed by atoms with van der Waals surface area (Å²) in [4.78, 5) is 0.327. The van der Waals surface area contributed by atoms with E-state index >= 15 is 0 Å². The first kappa shape index (κ1) is 16.2. The van der Waals surface area contributed by atoms with Crippen LogP contribution in [0.1, 0.15) is 5.56 Å². The SMILES string of the molecule is CN(C)c1ccc(C(F)(F)F)c(S(N)(=O)=O)c1-c1nn[nH]n1. The molecular formula is C10H11F3N6O2S. The number of primary sulfonamides is 1. The summed E-state index contributed by atoms with van der Waals surface area (Å²) in [6.07, 6.45) is -4.91. The van der Waals surface area contributed by atoms with Gasteiger partial charge in [-0.05, 0) is 17.3 Å². The fraction of sp³-hybridized carbons (Fsp3) is 0.300. The highest BCUT2D eigenvalue weighted by Crippen LogP contribution is 2.42. The van der Waals surface area contributed by atoms with Crippen molar-refractivity contribution in [3.8, 4) is 11.4 Å². The summed E-state index contributed by atoms with van der Waals surface area (Å²) in [5.41, 5.74) is -1.60. The number of nitrogens with one attached hydrogen (secondary N) is 1. The number of aromatic amines is 1. The van der Waals surface area contributed by atoms with Crippen LogP contribution < -0.4 is 10.0 Å². The largest absolute Gasteiger partial charge is 0.417 e. The van der Waals surface area contributed by atoms with E-state index in [1.807, 2.05) is 0 Å². The highest BCUT2D eigenvalue weighted by molar-refractivity contribution is 7.89. The number of halogens is 3. The maximum atomic E-state index is 13.1. The lowest BCUT2D eigenvalue weighted by Crippen LogP contribution is -2.22. The smallest absolute Gasteiger partial charge is 0.377 e. The Kier molecular flexibility index (Phi) is 3.83. The third kappa shape index (κ3) is 2.87. The third-order valence-electron chi connectivity index (χ3n) is 2.78. The molecule has 22 heavy (non-hydrogen) atoms. The van der Waals surface area contributed by atoms with Crippen LogP contribution in [-0.4, -0.2) is 43.1 Å². The first-order valence-corrected chi connectivity index (χ1v) is 7.26. The molecule has 0 spiro atoms. The molecule has 0 aliphatic heterocycles. The zero-order valence-corrected chi connectivity index (χ0v) is 12.2. The van der Waals surface area contributed by atoms with Crippen molar-refractivity contribution in [2.24, 2.45) is 5.14 Å². The van der Waals surface area contributed by atoms with Gasteiger partial charge in [-0.15, -0.1) is 10.2 Å². The predicted octanol–water partition coefficient (Wildman–Crippen LogP) is 0.599. The molecule has 3 N–H and O–H groups in total. The van der Waals surface area contributed by atoms with Gasteiger partial charge < -0.3 is 4.90 Å². The number of hydrogen-bond donors (Lipinski definition) is 2. The second-order valence-electron chi connectivity index (χ2n) is 4.51. The van der Waals surface area contributed by atoms with E-state index < -0.39 is 26.7 Å². The Labute approximate surface area is 123 Å². The molecule has 1 aromatic heterocycles. The molecule has 12 heteroatoms. The third-order valence-corrected chi connectivity index (χ3v) is 3.77. The summed E-state index contributed by atoms with van der Waals surface area (Å²) in [6, 6.07) is 1.77. The summed E-state index contributed by atoms with van der Waals surface area (Å²) < 4.78 is 62.9. The summed E-state index contributed by atoms with van der Waals surface area (Å²) in [5, 5.41) is 17.4. The Morgan fingerprint density at radius 3 is 2.32 bits per heavy atom. The summed E-state index contributed by atoms with van der Waals surface area (Å²) in [6.45, 7) is 0. The highest BCUT2D eigenvalue weighted by atomic mass is 32.2. The number of sulfonamides is 1. The molecule has 2 rings (SSSR count). The predicted molar refractivity (Wildman–Crippen MR) is 70.3 cm³/mol. The molecule has 0 amide bonds. The zero-order valence-electron chi connectivity index (χ0n) is 11.4. The van der Waals surface area contributed by atoms with E-state index in [2.05, 4.69) is 20.6 Å². The minimum absolute atomic E-state index is 0.151. The molecule has 0 radical (unpaired) electrons. The summed E-state index contributed by atoms with van der Waals surface area (Å²) >= 11 is 0. The molecule has 0 aliphatic rings. The minimum Gasteiger partial charge on any atom is -0.377 e. The second kappa shape index (κ2) is 5.21. The summed E-state index contributed by atoms with van der Waals surface area (Å²) in [7, 11) is -1.64. The Morgan fingerprint density at radius 2 is 1.91 bits per heavy atom. The minimum atomic E-state index is -4.91. The van der Waals surface area contributed by atoms with E-state index in [4.69, 9.17) is 5.14 Å². The van der Waals surface area contributed by atoms with Crippen LogP contribution in [0.5, 0.6) is 0 Å². The molecule has 2 aromatic rings. The number of anilines is 1. The quantitative estimate of drug-likeness (QED) is 0.847. The van der Waals surface area contributed by atoms with Gasteiger partial charge >= 0.3 is 6.18 Å². The molecule has 0 aliphatic carbocycles. The first-order chi connectivity index (χ1) is 10.0. The number of rotatable bonds is 3. The Hall–Kier alpha value is -2.21. The normalized spacial score (nSPS) is 12.5. The van der Waals surface area contributed by atoms with Crippen LogP contribution in [0.3, 0.4) is 0 Å². The molecule has 0 saturated heterocycles. The second-order valence-corrected chi connectivity index (χ2v) is 6.01. The van der Waals surface area contributed by atoms with E-state index in [0.29, 0.717) is 6.07 Å². The molecular weight excluding hydrogens is 325 g/mol. The van der Waals surface area contributed by atoms with Crippen LogP contribution in [0, 0.1) is 0 Å². The van der Waals surface area contributed by atoms with Gasteiger partial charge in [0, 0.05) is 19.8 Å². The van der Waals surface area contributed by atoms with Crippen molar-refractivity contribution in [2.45, 2.75) is 11.1 Å². The topological polar surface area (TPSA) is 118 Å². The molecule has 0 unspecified atom stereocenters. The van der Waals surface area contributed by atoms with Gasteiger partial charge in [-0.2, -0.15) is 18.4 Å². The lowest BCUT2D eigenvalue weighted by molar-refractivity contribution is -0.139. The van der Waals surface area contributed by atoms with Crippen molar-refractivity contribution in [2.75, 3.05) is 19.0 Å². The van der Waals surface area contributed by atoms with E-state index in [0.717, 1.165) is 6.07 Å². The van der Waals surface area contributed by atoms with Crippen molar-refractivity contribution in [1.29, 1.82) is 0 Å². The molecule has 1 aromatic carbocycles. The van der Waals surface area contributed by atoms with Gasteiger partial charge in [-0.1, -0.05) is 0 Å². The average molecular weight is 336 g/mol. The van der Waals surface area contributed by atoms with E-state index in [1.54, 1.807) is 0 Å². The van der Waals surface area contributed by atoms with Gasteiger partial charge in [0.2, 0.25) is 15.8 Å². The fourth-order valence-electron chi connectivity index (χ4n) is 1.95. The number of benzene rings is 1. The molecule has 120 valence electrons. The van der Waals surface area contributed by atoms with Gasteiger partial charge in [-0.25, -0.2) is 13.6 Å². The van der Waals surface area contributed by atoms with Crippen LogP contribution in [0.15, 0.2) is 17.0 Å². The molecule has 0 saturated carbocycles. The van der Waals surface area contributed by atoms with Crippen molar-refractivity contribution in [3.63, 3.8) is 0 Å². The van der Waals surface area contributed by atoms with E-state index in [-0.39, 0.29) is 17.1 Å². The van der Waals surface area contributed by atoms with Gasteiger partial charge in [0.05, 0.1) is 11.1 Å². The van der Waals surface area contributed by atoms with Crippen LogP contribution in [0.2, 0.25) is 0 Å². The fourth-order valence-corrected chi connectivity index (χ4v) is 2.92. The monoisotopic (exact) mass is 336 g/mol. The van der Waals surface area contributed by atoms with E-state index in [1.165, 1.54) is 19.0 Å². The highest BCUT2D eigenvalue weighted by Gasteiger charge is 2.39. The van der Waals surface area contributed by atoms with Gasteiger partial charge in [-0.3, -0.25) is 0 Å². The average Bonchev–Trinajstić information content (AvgIpc) is 2.88. The Balaban J connectivity index is 2.99. The molecule has 8 nitrogen and oxygen atoms in total. The maximum Gasteiger partial charge on any atom is 0.417 e. The summed E-state index contributed by atoms with van der Waals surface area (Å²) in [5.74, 6) is -0.307. The number of nitrogens with two attached hydrogens (primary N) is 1.